The van der Waals surface area contributed by atoms with Crippen LogP contribution in [0.3, 0.4) is 0 Å². The third-order valence-electron chi connectivity index (χ3n) is 4.19. The van der Waals surface area contributed by atoms with Gasteiger partial charge in [0, 0.05) is 31.4 Å². The van der Waals surface area contributed by atoms with Crippen LogP contribution in [-0.4, -0.2) is 64.9 Å². The molecule has 0 aliphatic carbocycles. The van der Waals surface area contributed by atoms with Gasteiger partial charge in [0.15, 0.2) is 5.17 Å². The minimum absolute atomic E-state index is 0. The Morgan fingerprint density at radius 2 is 2.05 bits per heavy atom. The fourth-order valence-electron chi connectivity index (χ4n) is 2.46. The standard InChI is InChI=1S/C14H26N4OS.ClH/c1-4-10(2)12(15)13(19)17-5-7-18(8-6-17)14-16-9-11(3)20-14;/h10-12H,4-9,15H2,1-3H3;1H. The van der Waals surface area contributed by atoms with Gasteiger partial charge in [-0.15, -0.1) is 12.4 Å². The lowest BCUT2D eigenvalue weighted by Crippen LogP contribution is -2.55. The van der Waals surface area contributed by atoms with Crippen molar-refractivity contribution in [2.24, 2.45) is 16.6 Å². The fourth-order valence-corrected chi connectivity index (χ4v) is 3.45. The number of halogens is 1. The topological polar surface area (TPSA) is 61.9 Å². The zero-order valence-corrected chi connectivity index (χ0v) is 14.8. The summed E-state index contributed by atoms with van der Waals surface area (Å²) in [5.74, 6) is 0.351. The summed E-state index contributed by atoms with van der Waals surface area (Å²) in [6.07, 6.45) is 0.943. The van der Waals surface area contributed by atoms with Gasteiger partial charge in [-0.05, 0) is 5.92 Å². The lowest BCUT2D eigenvalue weighted by molar-refractivity contribution is -0.135. The molecule has 0 radical (unpaired) electrons. The summed E-state index contributed by atoms with van der Waals surface area (Å²) in [6.45, 7) is 10.5. The smallest absolute Gasteiger partial charge is 0.239 e. The molecular formula is C14H27ClN4OS. The second kappa shape index (κ2) is 8.25. The van der Waals surface area contributed by atoms with Crippen molar-refractivity contribution in [1.82, 2.24) is 9.80 Å². The maximum absolute atomic E-state index is 12.3. The third kappa shape index (κ3) is 4.50. The Kier molecular flexibility index (Phi) is 7.30. The van der Waals surface area contributed by atoms with Gasteiger partial charge in [0.05, 0.1) is 12.6 Å². The number of amidine groups is 1. The second-order valence-electron chi connectivity index (χ2n) is 5.78. The summed E-state index contributed by atoms with van der Waals surface area (Å²) in [5, 5.41) is 1.74. The van der Waals surface area contributed by atoms with Crippen molar-refractivity contribution in [3.8, 4) is 0 Å². The van der Waals surface area contributed by atoms with Crippen molar-refractivity contribution in [2.75, 3.05) is 32.7 Å². The molecule has 2 aliphatic heterocycles. The van der Waals surface area contributed by atoms with E-state index >= 15 is 0 Å². The minimum Gasteiger partial charge on any atom is -0.348 e. The fraction of sp³-hybridized carbons (Fsp3) is 0.857. The number of piperazine rings is 1. The third-order valence-corrected chi connectivity index (χ3v) is 5.34. The Hall–Kier alpha value is -0.460. The van der Waals surface area contributed by atoms with Gasteiger partial charge in [0.25, 0.3) is 0 Å². The zero-order valence-electron chi connectivity index (χ0n) is 13.1. The van der Waals surface area contributed by atoms with Crippen LogP contribution in [0.5, 0.6) is 0 Å². The highest BCUT2D eigenvalue weighted by Gasteiger charge is 2.30. The van der Waals surface area contributed by atoms with Crippen LogP contribution in [0.4, 0.5) is 0 Å². The molecule has 0 aromatic rings. The van der Waals surface area contributed by atoms with Crippen LogP contribution >= 0.6 is 24.2 Å². The van der Waals surface area contributed by atoms with E-state index in [1.165, 1.54) is 0 Å². The molecular weight excluding hydrogens is 308 g/mol. The number of carbonyl (C=O) groups excluding carboxylic acids is 1. The van der Waals surface area contributed by atoms with Gasteiger partial charge in [-0.25, -0.2) is 0 Å². The van der Waals surface area contributed by atoms with Crippen molar-refractivity contribution < 1.29 is 4.79 Å². The van der Waals surface area contributed by atoms with Crippen molar-refractivity contribution in [3.05, 3.63) is 0 Å². The molecule has 5 nitrogen and oxygen atoms in total. The van der Waals surface area contributed by atoms with E-state index in [1.54, 1.807) is 0 Å². The maximum atomic E-state index is 12.3. The van der Waals surface area contributed by atoms with E-state index in [9.17, 15) is 4.79 Å². The van der Waals surface area contributed by atoms with E-state index in [4.69, 9.17) is 5.73 Å². The summed E-state index contributed by atoms with van der Waals surface area (Å²) in [4.78, 5) is 21.1. The number of carbonyl (C=O) groups is 1. The minimum atomic E-state index is -0.357. The number of amides is 1. The molecule has 0 spiro atoms. The van der Waals surface area contributed by atoms with Crippen LogP contribution < -0.4 is 5.73 Å². The molecule has 2 aliphatic rings. The summed E-state index contributed by atoms with van der Waals surface area (Å²) < 4.78 is 0. The molecule has 1 fully saturated rings. The average molecular weight is 335 g/mol. The van der Waals surface area contributed by atoms with E-state index in [-0.39, 0.29) is 30.3 Å². The molecule has 122 valence electrons. The average Bonchev–Trinajstić information content (AvgIpc) is 2.91. The SMILES string of the molecule is CCC(C)C(N)C(=O)N1CCN(C2=NCC(C)S2)CC1.Cl. The largest absolute Gasteiger partial charge is 0.348 e. The lowest BCUT2D eigenvalue weighted by Gasteiger charge is -2.37. The molecule has 21 heavy (non-hydrogen) atoms. The van der Waals surface area contributed by atoms with Crippen LogP contribution in [0, 0.1) is 5.92 Å². The number of nitrogens with zero attached hydrogens (tertiary/aromatic N) is 3. The quantitative estimate of drug-likeness (QED) is 0.848. The highest BCUT2D eigenvalue weighted by Crippen LogP contribution is 2.23. The molecule has 0 bridgehead atoms. The Morgan fingerprint density at radius 3 is 2.52 bits per heavy atom. The maximum Gasteiger partial charge on any atom is 0.239 e. The predicted molar refractivity (Wildman–Crippen MR) is 92.2 cm³/mol. The molecule has 0 aromatic carbocycles. The number of aliphatic imine (C=N–C) groups is 1. The molecule has 1 amide bonds. The number of thioether (sulfide) groups is 1. The second-order valence-corrected chi connectivity index (χ2v) is 7.18. The normalized spacial score (nSPS) is 25.1. The van der Waals surface area contributed by atoms with Crippen LogP contribution in [0.2, 0.25) is 0 Å². The van der Waals surface area contributed by atoms with Crippen LogP contribution in [0.15, 0.2) is 4.99 Å². The zero-order chi connectivity index (χ0) is 14.7. The molecule has 0 saturated carbocycles. The van der Waals surface area contributed by atoms with Gasteiger partial charge in [-0.3, -0.25) is 9.79 Å². The lowest BCUT2D eigenvalue weighted by atomic mass is 9.98. The summed E-state index contributed by atoms with van der Waals surface area (Å²) in [7, 11) is 0. The van der Waals surface area contributed by atoms with E-state index < -0.39 is 0 Å². The Bertz CT molecular complexity index is 385. The molecule has 7 heteroatoms. The number of nitrogens with two attached hydrogens (primary N) is 1. The van der Waals surface area contributed by atoms with Gasteiger partial charge < -0.3 is 15.5 Å². The predicted octanol–water partition coefficient (Wildman–Crippen LogP) is 1.42. The van der Waals surface area contributed by atoms with Crippen LogP contribution in [0.25, 0.3) is 0 Å². The van der Waals surface area contributed by atoms with E-state index in [1.807, 2.05) is 23.6 Å². The van der Waals surface area contributed by atoms with Crippen LogP contribution in [-0.2, 0) is 4.79 Å². The molecule has 0 aromatic heterocycles. The first kappa shape index (κ1) is 18.6. The van der Waals surface area contributed by atoms with Crippen molar-refractivity contribution in [2.45, 2.75) is 38.5 Å². The van der Waals surface area contributed by atoms with E-state index in [2.05, 4.69) is 23.7 Å². The van der Waals surface area contributed by atoms with Crippen LogP contribution in [0.1, 0.15) is 27.2 Å². The van der Waals surface area contributed by atoms with Crippen molar-refractivity contribution in [3.63, 3.8) is 0 Å². The van der Waals surface area contributed by atoms with Gasteiger partial charge >= 0.3 is 0 Å². The van der Waals surface area contributed by atoms with Gasteiger partial charge in [-0.1, -0.05) is 39.0 Å². The van der Waals surface area contributed by atoms with Gasteiger partial charge in [0.1, 0.15) is 0 Å². The number of rotatable bonds is 3. The van der Waals surface area contributed by atoms with Crippen molar-refractivity contribution in [1.29, 1.82) is 0 Å². The Labute approximate surface area is 138 Å². The number of hydrogen-bond donors (Lipinski definition) is 1. The summed E-state index contributed by atoms with van der Waals surface area (Å²) in [5.41, 5.74) is 6.04. The first-order chi connectivity index (χ1) is 9.52. The molecule has 1 saturated heterocycles. The first-order valence-electron chi connectivity index (χ1n) is 7.53. The summed E-state index contributed by atoms with van der Waals surface area (Å²) >= 11 is 1.84. The highest BCUT2D eigenvalue weighted by atomic mass is 35.5. The van der Waals surface area contributed by atoms with E-state index in [0.29, 0.717) is 5.25 Å². The van der Waals surface area contributed by atoms with E-state index in [0.717, 1.165) is 44.3 Å². The Morgan fingerprint density at radius 1 is 1.43 bits per heavy atom. The van der Waals surface area contributed by atoms with Gasteiger partial charge in [0.2, 0.25) is 5.91 Å². The highest BCUT2D eigenvalue weighted by molar-refractivity contribution is 8.14. The molecule has 3 unspecified atom stereocenters. The molecule has 2 N–H and O–H groups in total. The first-order valence-corrected chi connectivity index (χ1v) is 8.41. The van der Waals surface area contributed by atoms with Gasteiger partial charge in [-0.2, -0.15) is 0 Å². The summed E-state index contributed by atoms with van der Waals surface area (Å²) in [6, 6.07) is -0.357. The van der Waals surface area contributed by atoms with Crippen molar-refractivity contribution >= 4 is 35.2 Å². The monoisotopic (exact) mass is 334 g/mol. The Balaban J connectivity index is 0.00000220. The molecule has 2 rings (SSSR count). The molecule has 2 heterocycles. The number of hydrogen-bond acceptors (Lipinski definition) is 5. The molecule has 3 atom stereocenters.